The largest absolute Gasteiger partial charge is 0.310 e. The Kier molecular flexibility index (Phi) is 4.05. The molecule has 3 rings (SSSR count). The van der Waals surface area contributed by atoms with Crippen LogP contribution in [0.25, 0.3) is 0 Å². The third-order valence-electron chi connectivity index (χ3n) is 4.13. The van der Waals surface area contributed by atoms with Crippen molar-refractivity contribution < 1.29 is 8.78 Å². The molecule has 104 valence electrons. The van der Waals surface area contributed by atoms with Gasteiger partial charge in [0.2, 0.25) is 0 Å². The number of nitrogens with zero attached hydrogens (tertiary/aromatic N) is 1. The second-order valence-corrected chi connectivity index (χ2v) is 6.65. The number of hydrogen-bond donors (Lipinski definition) is 1. The number of likely N-dealkylation sites (tertiary alicyclic amines) is 1. The highest BCUT2D eigenvalue weighted by atomic mass is 127. The van der Waals surface area contributed by atoms with Gasteiger partial charge < -0.3 is 5.32 Å². The Balaban J connectivity index is 1.76. The predicted octanol–water partition coefficient (Wildman–Crippen LogP) is 2.90. The van der Waals surface area contributed by atoms with Crippen LogP contribution in [0.4, 0.5) is 8.78 Å². The molecule has 1 aromatic rings. The molecule has 1 N–H and O–H groups in total. The number of hydrogen-bond acceptors (Lipinski definition) is 2. The van der Waals surface area contributed by atoms with Gasteiger partial charge in [0.1, 0.15) is 11.6 Å². The zero-order valence-corrected chi connectivity index (χ0v) is 12.8. The Labute approximate surface area is 125 Å². The maximum atomic E-state index is 14.0. The van der Waals surface area contributed by atoms with Gasteiger partial charge in [0, 0.05) is 40.9 Å². The van der Waals surface area contributed by atoms with Gasteiger partial charge in [0.05, 0.1) is 0 Å². The Hall–Kier alpha value is -0.270. The molecule has 2 fully saturated rings. The molecule has 0 spiro atoms. The normalized spacial score (nSPS) is 27.5. The van der Waals surface area contributed by atoms with Crippen LogP contribution in [0, 0.1) is 15.2 Å². The van der Waals surface area contributed by atoms with Crippen molar-refractivity contribution in [3.05, 3.63) is 32.9 Å². The van der Waals surface area contributed by atoms with Crippen LogP contribution in [0.5, 0.6) is 0 Å². The Morgan fingerprint density at radius 1 is 1.21 bits per heavy atom. The van der Waals surface area contributed by atoms with Crippen LogP contribution in [0.1, 0.15) is 24.8 Å². The van der Waals surface area contributed by atoms with Gasteiger partial charge >= 0.3 is 0 Å². The summed E-state index contributed by atoms with van der Waals surface area (Å²) in [5.41, 5.74) is 0.213. The number of fused-ring (bicyclic) bond motifs is 2. The average Bonchev–Trinajstić information content (AvgIpc) is 2.72. The Morgan fingerprint density at radius 3 is 2.84 bits per heavy atom. The summed E-state index contributed by atoms with van der Waals surface area (Å²) in [5, 5.41) is 3.58. The molecule has 2 saturated heterocycles. The van der Waals surface area contributed by atoms with Crippen LogP contribution in [-0.2, 0) is 6.54 Å². The van der Waals surface area contributed by atoms with Crippen molar-refractivity contribution in [2.75, 3.05) is 13.1 Å². The fraction of sp³-hybridized carbons (Fsp3) is 0.571. The molecule has 0 amide bonds. The van der Waals surface area contributed by atoms with Crippen molar-refractivity contribution in [2.24, 2.45) is 0 Å². The summed E-state index contributed by atoms with van der Waals surface area (Å²) >= 11 is 1.91. The van der Waals surface area contributed by atoms with Crippen molar-refractivity contribution in [1.82, 2.24) is 10.2 Å². The first kappa shape index (κ1) is 13.7. The number of rotatable bonds is 2. The molecule has 2 aliphatic heterocycles. The summed E-state index contributed by atoms with van der Waals surface area (Å²) in [7, 11) is 0. The molecule has 2 unspecified atom stereocenters. The van der Waals surface area contributed by atoms with E-state index >= 15 is 0 Å². The monoisotopic (exact) mass is 378 g/mol. The van der Waals surface area contributed by atoms with E-state index in [0.29, 0.717) is 22.2 Å². The van der Waals surface area contributed by atoms with E-state index in [1.54, 1.807) is 0 Å². The van der Waals surface area contributed by atoms with Crippen molar-refractivity contribution in [2.45, 2.75) is 37.9 Å². The first-order chi connectivity index (χ1) is 9.13. The number of halogens is 3. The van der Waals surface area contributed by atoms with Crippen molar-refractivity contribution in [3.8, 4) is 0 Å². The lowest BCUT2D eigenvalue weighted by molar-refractivity contribution is 0.244. The van der Waals surface area contributed by atoms with Crippen LogP contribution in [0.2, 0.25) is 0 Å². The van der Waals surface area contributed by atoms with E-state index in [2.05, 4.69) is 10.2 Å². The highest BCUT2D eigenvalue weighted by molar-refractivity contribution is 14.1. The highest BCUT2D eigenvalue weighted by Gasteiger charge is 2.29. The van der Waals surface area contributed by atoms with E-state index in [-0.39, 0.29) is 5.56 Å². The number of benzene rings is 1. The van der Waals surface area contributed by atoms with Crippen molar-refractivity contribution >= 4 is 22.6 Å². The molecule has 2 atom stereocenters. The van der Waals surface area contributed by atoms with E-state index in [1.807, 2.05) is 22.6 Å². The molecule has 1 aromatic carbocycles. The molecule has 0 aliphatic carbocycles. The molecule has 2 heterocycles. The predicted molar refractivity (Wildman–Crippen MR) is 78.9 cm³/mol. The molecule has 19 heavy (non-hydrogen) atoms. The zero-order valence-electron chi connectivity index (χ0n) is 10.6. The average molecular weight is 378 g/mol. The second kappa shape index (κ2) is 5.61. The third-order valence-corrected chi connectivity index (χ3v) is 4.96. The third kappa shape index (κ3) is 2.92. The van der Waals surface area contributed by atoms with Crippen LogP contribution < -0.4 is 5.32 Å². The summed E-state index contributed by atoms with van der Waals surface area (Å²) in [5.74, 6) is -0.830. The molecule has 2 aliphatic rings. The summed E-state index contributed by atoms with van der Waals surface area (Å²) in [6, 6.07) is 3.94. The lowest BCUT2D eigenvalue weighted by Crippen LogP contribution is -2.35. The SMILES string of the molecule is Fc1ccc(I)c(F)c1CN1CCC2CCC(C1)N2. The topological polar surface area (TPSA) is 15.3 Å². The fourth-order valence-corrected chi connectivity index (χ4v) is 3.60. The minimum absolute atomic E-state index is 0.213. The summed E-state index contributed by atoms with van der Waals surface area (Å²) in [6.07, 6.45) is 3.49. The van der Waals surface area contributed by atoms with Gasteiger partial charge in [0.25, 0.3) is 0 Å². The van der Waals surface area contributed by atoms with Gasteiger partial charge in [-0.05, 0) is 54.0 Å². The van der Waals surface area contributed by atoms with Crippen LogP contribution in [0.3, 0.4) is 0 Å². The van der Waals surface area contributed by atoms with Gasteiger partial charge in [-0.2, -0.15) is 0 Å². The quantitative estimate of drug-likeness (QED) is 0.629. The van der Waals surface area contributed by atoms with Crippen LogP contribution in [0.15, 0.2) is 12.1 Å². The van der Waals surface area contributed by atoms with Gasteiger partial charge in [-0.15, -0.1) is 0 Å². The van der Waals surface area contributed by atoms with E-state index in [0.717, 1.165) is 19.5 Å². The van der Waals surface area contributed by atoms with E-state index in [4.69, 9.17) is 0 Å². The van der Waals surface area contributed by atoms with Gasteiger partial charge in [-0.3, -0.25) is 4.90 Å². The second-order valence-electron chi connectivity index (χ2n) is 5.48. The van der Waals surface area contributed by atoms with Crippen LogP contribution in [-0.4, -0.2) is 30.1 Å². The molecule has 2 nitrogen and oxygen atoms in total. The summed E-state index contributed by atoms with van der Waals surface area (Å²) in [6.45, 7) is 2.18. The smallest absolute Gasteiger partial charge is 0.143 e. The lowest BCUT2D eigenvalue weighted by Gasteiger charge is -2.24. The highest BCUT2D eigenvalue weighted by Crippen LogP contribution is 2.24. The van der Waals surface area contributed by atoms with E-state index in [9.17, 15) is 8.78 Å². The lowest BCUT2D eigenvalue weighted by atomic mass is 10.1. The summed E-state index contributed by atoms with van der Waals surface area (Å²) in [4.78, 5) is 2.17. The number of nitrogens with one attached hydrogen (secondary N) is 1. The zero-order chi connectivity index (χ0) is 13.4. The molecular weight excluding hydrogens is 361 g/mol. The maximum Gasteiger partial charge on any atom is 0.143 e. The molecule has 0 saturated carbocycles. The fourth-order valence-electron chi connectivity index (χ4n) is 3.10. The van der Waals surface area contributed by atoms with Crippen LogP contribution >= 0.6 is 22.6 Å². The molecular formula is C14H17F2IN2. The van der Waals surface area contributed by atoms with Crippen molar-refractivity contribution in [3.63, 3.8) is 0 Å². The molecule has 0 radical (unpaired) electrons. The minimum Gasteiger partial charge on any atom is -0.310 e. The molecule has 5 heteroatoms. The first-order valence-electron chi connectivity index (χ1n) is 6.74. The van der Waals surface area contributed by atoms with E-state index in [1.165, 1.54) is 25.0 Å². The Morgan fingerprint density at radius 2 is 2.00 bits per heavy atom. The first-order valence-corrected chi connectivity index (χ1v) is 7.82. The van der Waals surface area contributed by atoms with Gasteiger partial charge in [-0.1, -0.05) is 0 Å². The summed E-state index contributed by atoms with van der Waals surface area (Å²) < 4.78 is 28.3. The van der Waals surface area contributed by atoms with Gasteiger partial charge in [0.15, 0.2) is 0 Å². The molecule has 2 bridgehead atoms. The van der Waals surface area contributed by atoms with Crippen molar-refractivity contribution in [1.29, 1.82) is 0 Å². The van der Waals surface area contributed by atoms with Gasteiger partial charge in [-0.25, -0.2) is 8.78 Å². The van der Waals surface area contributed by atoms with E-state index < -0.39 is 11.6 Å². The molecule has 0 aromatic heterocycles. The standard InChI is InChI=1S/C14H17F2IN2/c15-12-3-4-13(17)14(16)11(12)8-19-6-5-9-1-2-10(7-19)18-9/h3-4,9-10,18H,1-2,5-8H2. The maximum absolute atomic E-state index is 14.0. The minimum atomic E-state index is -0.430. The Bertz CT molecular complexity index is 481.